The highest BCUT2D eigenvalue weighted by molar-refractivity contribution is 6.08. The summed E-state index contributed by atoms with van der Waals surface area (Å²) in [6.07, 6.45) is 0.868. The number of rotatable bonds is 5. The van der Waals surface area contributed by atoms with Crippen LogP contribution < -0.4 is 10.1 Å². The molecule has 7 nitrogen and oxygen atoms in total. The highest BCUT2D eigenvalue weighted by Crippen LogP contribution is 2.36. The van der Waals surface area contributed by atoms with Gasteiger partial charge in [0, 0.05) is 18.7 Å². The van der Waals surface area contributed by atoms with E-state index in [4.69, 9.17) is 14.5 Å². The third-order valence-electron chi connectivity index (χ3n) is 5.60. The second-order valence-corrected chi connectivity index (χ2v) is 7.53. The van der Waals surface area contributed by atoms with E-state index >= 15 is 0 Å². The minimum atomic E-state index is -1.07. The number of fused-ring (bicyclic) bond motifs is 1. The fraction of sp³-hybridized carbons (Fsp3) is 0.375. The van der Waals surface area contributed by atoms with Crippen LogP contribution in [0, 0.1) is 5.92 Å². The molecular formula is C24H27N3O4. The molecular weight excluding hydrogens is 394 g/mol. The van der Waals surface area contributed by atoms with E-state index in [2.05, 4.69) is 22.3 Å². The molecule has 0 saturated carbocycles. The van der Waals surface area contributed by atoms with Gasteiger partial charge in [-0.2, -0.15) is 0 Å². The van der Waals surface area contributed by atoms with Crippen molar-refractivity contribution in [2.24, 2.45) is 10.9 Å². The van der Waals surface area contributed by atoms with Crippen LogP contribution >= 0.6 is 0 Å². The first-order valence-electron chi connectivity index (χ1n) is 10.7. The molecule has 0 radical (unpaired) electrons. The highest BCUT2D eigenvalue weighted by atomic mass is 16.5. The lowest BCUT2D eigenvalue weighted by Gasteiger charge is -2.36. The van der Waals surface area contributed by atoms with Crippen LogP contribution in [0.3, 0.4) is 0 Å². The third kappa shape index (κ3) is 4.26. The lowest BCUT2D eigenvalue weighted by Crippen LogP contribution is -2.53. The lowest BCUT2D eigenvalue weighted by molar-refractivity contribution is -0.153. The van der Waals surface area contributed by atoms with E-state index in [1.807, 2.05) is 43.3 Å². The zero-order chi connectivity index (χ0) is 21.8. The molecule has 0 aromatic heterocycles. The van der Waals surface area contributed by atoms with Crippen LogP contribution in [0.4, 0.5) is 0 Å². The molecule has 2 aromatic carbocycles. The van der Waals surface area contributed by atoms with Crippen molar-refractivity contribution in [3.8, 4) is 5.75 Å². The molecule has 0 aliphatic carbocycles. The van der Waals surface area contributed by atoms with Gasteiger partial charge >= 0.3 is 5.97 Å². The first-order valence-corrected chi connectivity index (χ1v) is 10.7. The molecule has 2 atom stereocenters. The van der Waals surface area contributed by atoms with Crippen molar-refractivity contribution in [2.45, 2.75) is 32.9 Å². The van der Waals surface area contributed by atoms with Gasteiger partial charge < -0.3 is 14.4 Å². The Kier molecular flexibility index (Phi) is 6.21. The van der Waals surface area contributed by atoms with E-state index in [0.717, 1.165) is 13.0 Å². The molecule has 1 amide bonds. The summed E-state index contributed by atoms with van der Waals surface area (Å²) in [6.45, 7) is 5.68. The summed E-state index contributed by atoms with van der Waals surface area (Å²) in [5.41, 5.74) is 3.22. The van der Waals surface area contributed by atoms with Gasteiger partial charge in [0.05, 0.1) is 13.2 Å². The Morgan fingerprint density at radius 2 is 1.84 bits per heavy atom. The predicted octanol–water partition coefficient (Wildman–Crippen LogP) is 2.85. The Morgan fingerprint density at radius 3 is 2.61 bits per heavy atom. The summed E-state index contributed by atoms with van der Waals surface area (Å²) in [7, 11) is 0. The van der Waals surface area contributed by atoms with Crippen LogP contribution in [0.15, 0.2) is 53.5 Å². The number of carbonyl (C=O) groups is 2. The molecule has 2 heterocycles. The zero-order valence-corrected chi connectivity index (χ0v) is 17.8. The van der Waals surface area contributed by atoms with Gasteiger partial charge in [0.1, 0.15) is 11.8 Å². The molecule has 0 unspecified atom stereocenters. The second kappa shape index (κ2) is 9.20. The van der Waals surface area contributed by atoms with Gasteiger partial charge in [0.15, 0.2) is 5.92 Å². The molecule has 31 heavy (non-hydrogen) atoms. The van der Waals surface area contributed by atoms with Crippen LogP contribution in [0.1, 0.15) is 36.6 Å². The number of hydrogen-bond donors (Lipinski definition) is 1. The van der Waals surface area contributed by atoms with Crippen molar-refractivity contribution in [1.82, 2.24) is 10.2 Å². The number of para-hydroxylation sites is 1. The molecule has 0 saturated heterocycles. The van der Waals surface area contributed by atoms with E-state index in [9.17, 15) is 9.59 Å². The summed E-state index contributed by atoms with van der Waals surface area (Å²) in [4.78, 5) is 32.7. The Hall–Kier alpha value is -3.35. The number of guanidine groups is 1. The summed E-state index contributed by atoms with van der Waals surface area (Å²) in [5.74, 6) is -0.952. The molecule has 2 aliphatic rings. The predicted molar refractivity (Wildman–Crippen MR) is 117 cm³/mol. The normalized spacial score (nSPS) is 20.4. The first-order chi connectivity index (χ1) is 15.1. The molecule has 7 heteroatoms. The van der Waals surface area contributed by atoms with Gasteiger partial charge in [-0.15, -0.1) is 0 Å². The number of aliphatic imine (C=N–C) groups is 1. The average molecular weight is 421 g/mol. The van der Waals surface area contributed by atoms with Crippen molar-refractivity contribution >= 4 is 17.8 Å². The average Bonchev–Trinajstić information content (AvgIpc) is 2.79. The Morgan fingerprint density at radius 1 is 1.10 bits per heavy atom. The summed E-state index contributed by atoms with van der Waals surface area (Å²) in [6, 6.07) is 15.0. The summed E-state index contributed by atoms with van der Waals surface area (Å²) in [5, 5.41) is 2.85. The monoisotopic (exact) mass is 421 g/mol. The molecule has 2 aliphatic heterocycles. The maximum atomic E-state index is 13.1. The Balaban J connectivity index is 1.72. The van der Waals surface area contributed by atoms with Gasteiger partial charge in [-0.25, -0.2) is 4.99 Å². The van der Waals surface area contributed by atoms with Crippen LogP contribution in [-0.2, 0) is 27.3 Å². The number of carbonyl (C=O) groups excluding carboxylic acids is 2. The topological polar surface area (TPSA) is 80.2 Å². The van der Waals surface area contributed by atoms with Crippen molar-refractivity contribution in [1.29, 1.82) is 0 Å². The quantitative estimate of drug-likeness (QED) is 0.593. The molecule has 4 rings (SSSR count). The number of amides is 1. The van der Waals surface area contributed by atoms with Gasteiger partial charge in [-0.1, -0.05) is 42.5 Å². The third-order valence-corrected chi connectivity index (χ3v) is 5.60. The minimum Gasteiger partial charge on any atom is -0.494 e. The van der Waals surface area contributed by atoms with E-state index in [-0.39, 0.29) is 6.61 Å². The minimum absolute atomic E-state index is 0.196. The van der Waals surface area contributed by atoms with Crippen molar-refractivity contribution in [2.75, 3.05) is 19.8 Å². The van der Waals surface area contributed by atoms with Gasteiger partial charge in [0.25, 0.3) is 0 Å². The number of nitrogens with one attached hydrogen (secondary N) is 1. The van der Waals surface area contributed by atoms with Gasteiger partial charge in [-0.05, 0) is 37.5 Å². The van der Waals surface area contributed by atoms with E-state index in [1.54, 1.807) is 6.92 Å². The number of nitrogens with zero attached hydrogens (tertiary/aromatic N) is 2. The van der Waals surface area contributed by atoms with Gasteiger partial charge in [-0.3, -0.25) is 14.9 Å². The number of hydrogen-bond acceptors (Lipinski definition) is 6. The number of esters is 1. The van der Waals surface area contributed by atoms with E-state index in [0.29, 0.717) is 30.4 Å². The Labute approximate surface area is 182 Å². The molecule has 1 N–H and O–H groups in total. The van der Waals surface area contributed by atoms with E-state index in [1.165, 1.54) is 11.1 Å². The smallest absolute Gasteiger partial charge is 0.321 e. The van der Waals surface area contributed by atoms with Crippen LogP contribution in [0.2, 0.25) is 0 Å². The van der Waals surface area contributed by atoms with E-state index < -0.39 is 23.8 Å². The molecule has 0 fully saturated rings. The van der Waals surface area contributed by atoms with Crippen molar-refractivity contribution < 1.29 is 19.1 Å². The van der Waals surface area contributed by atoms with Crippen LogP contribution in [-0.4, -0.2) is 42.5 Å². The molecule has 162 valence electrons. The number of ether oxygens (including phenoxy) is 2. The second-order valence-electron chi connectivity index (χ2n) is 7.53. The SMILES string of the molecule is CCOC(=O)[C@H]1C(=O)NC(N2CCc3ccccc3C2)=N[C@@H]1c1ccccc1OCC. The van der Waals surface area contributed by atoms with Crippen molar-refractivity contribution in [3.63, 3.8) is 0 Å². The number of benzene rings is 2. The maximum absolute atomic E-state index is 13.1. The first kappa shape index (κ1) is 20.9. The molecule has 0 bridgehead atoms. The van der Waals surface area contributed by atoms with Crippen molar-refractivity contribution in [3.05, 3.63) is 65.2 Å². The van der Waals surface area contributed by atoms with Crippen LogP contribution in [0.25, 0.3) is 0 Å². The molecule has 0 spiro atoms. The summed E-state index contributed by atoms with van der Waals surface area (Å²) < 4.78 is 11.0. The fourth-order valence-electron chi connectivity index (χ4n) is 4.14. The maximum Gasteiger partial charge on any atom is 0.321 e. The standard InChI is InChI=1S/C24H27N3O4/c1-3-30-19-12-8-7-11-18(19)21-20(23(29)31-4-2)22(28)26-24(25-21)27-14-13-16-9-5-6-10-17(16)15-27/h5-12,20-21H,3-4,13-15H2,1-2H3,(H,25,26,28)/t20-,21-/m1/s1. The summed E-state index contributed by atoms with van der Waals surface area (Å²) >= 11 is 0. The van der Waals surface area contributed by atoms with Gasteiger partial charge in [0.2, 0.25) is 11.9 Å². The molecule has 2 aromatic rings. The highest BCUT2D eigenvalue weighted by Gasteiger charge is 2.43. The largest absolute Gasteiger partial charge is 0.494 e. The Bertz CT molecular complexity index is 1000. The zero-order valence-electron chi connectivity index (χ0n) is 17.8. The van der Waals surface area contributed by atoms with Crippen LogP contribution in [0.5, 0.6) is 5.75 Å². The lowest BCUT2D eigenvalue weighted by atomic mass is 9.90. The fourth-order valence-corrected chi connectivity index (χ4v) is 4.14.